The normalized spacial score (nSPS) is 16.3. The van der Waals surface area contributed by atoms with Gasteiger partial charge in [-0.25, -0.2) is 13.2 Å². The summed E-state index contributed by atoms with van der Waals surface area (Å²) in [6.07, 6.45) is 0.387. The average Bonchev–Trinajstić information content (AvgIpc) is 2.92. The van der Waals surface area contributed by atoms with Crippen molar-refractivity contribution in [3.05, 3.63) is 17.6 Å². The van der Waals surface area contributed by atoms with E-state index in [1.807, 2.05) is 0 Å². The topological polar surface area (TPSA) is 88.8 Å². The van der Waals surface area contributed by atoms with Crippen molar-refractivity contribution in [2.75, 3.05) is 33.3 Å². The summed E-state index contributed by atoms with van der Waals surface area (Å²) < 4.78 is 36.4. The zero-order chi connectivity index (χ0) is 14.8. The Kier molecular flexibility index (Phi) is 6.21. The van der Waals surface area contributed by atoms with E-state index in [0.717, 1.165) is 0 Å². The van der Waals surface area contributed by atoms with E-state index in [0.29, 0.717) is 32.6 Å². The largest absolute Gasteiger partial charge is 0.463 e. The summed E-state index contributed by atoms with van der Waals surface area (Å²) in [6, 6.07) is 1.25. The van der Waals surface area contributed by atoms with Gasteiger partial charge >= 0.3 is 5.97 Å². The van der Waals surface area contributed by atoms with Crippen LogP contribution in [0.2, 0.25) is 0 Å². The summed E-state index contributed by atoms with van der Waals surface area (Å²) in [6.45, 7) is 3.82. The molecule has 21 heavy (non-hydrogen) atoms. The second-order valence-corrected chi connectivity index (χ2v) is 6.30. The molecule has 1 N–H and O–H groups in total. The van der Waals surface area contributed by atoms with E-state index in [1.165, 1.54) is 17.5 Å². The summed E-state index contributed by atoms with van der Waals surface area (Å²) in [7, 11) is -2.41. The zero-order valence-corrected chi connectivity index (χ0v) is 13.6. The van der Waals surface area contributed by atoms with Crippen molar-refractivity contribution >= 4 is 28.4 Å². The fourth-order valence-corrected chi connectivity index (χ4v) is 3.77. The lowest BCUT2D eigenvalue weighted by Gasteiger charge is -2.26. The molecule has 1 aromatic rings. The van der Waals surface area contributed by atoms with Crippen LogP contribution in [-0.4, -0.2) is 52.0 Å². The lowest BCUT2D eigenvalue weighted by Crippen LogP contribution is -2.46. The van der Waals surface area contributed by atoms with Crippen molar-refractivity contribution < 1.29 is 22.4 Å². The molecule has 120 valence electrons. The van der Waals surface area contributed by atoms with E-state index in [4.69, 9.17) is 4.42 Å². The van der Waals surface area contributed by atoms with E-state index in [9.17, 15) is 13.2 Å². The molecule has 2 rings (SSSR count). The highest BCUT2D eigenvalue weighted by Crippen LogP contribution is 2.25. The van der Waals surface area contributed by atoms with Crippen LogP contribution in [0.15, 0.2) is 15.4 Å². The monoisotopic (exact) mass is 338 g/mol. The smallest absolute Gasteiger partial charge is 0.373 e. The Balaban J connectivity index is 0.00000220. The van der Waals surface area contributed by atoms with E-state index in [-0.39, 0.29) is 28.8 Å². The van der Waals surface area contributed by atoms with Crippen molar-refractivity contribution in [3.63, 3.8) is 0 Å². The van der Waals surface area contributed by atoms with Gasteiger partial charge in [-0.1, -0.05) is 6.92 Å². The molecular weight excluding hydrogens is 320 g/mol. The number of methoxy groups -OCH3 is 1. The third-order valence-electron chi connectivity index (χ3n) is 3.17. The summed E-state index contributed by atoms with van der Waals surface area (Å²) >= 11 is 0. The van der Waals surface area contributed by atoms with Gasteiger partial charge in [0.2, 0.25) is 15.8 Å². The Bertz CT molecular complexity index is 593. The minimum absolute atomic E-state index is 0. The fourth-order valence-electron chi connectivity index (χ4n) is 2.10. The molecule has 0 atom stereocenters. The number of aryl methyl sites for hydroxylation is 1. The lowest BCUT2D eigenvalue weighted by molar-refractivity contribution is 0.0563. The van der Waals surface area contributed by atoms with Gasteiger partial charge in [-0.15, -0.1) is 12.4 Å². The van der Waals surface area contributed by atoms with Crippen LogP contribution in [0.1, 0.15) is 23.2 Å². The molecule has 1 aromatic heterocycles. The molecular formula is C12H19ClN2O5S. The first kappa shape index (κ1) is 18.0. The quantitative estimate of drug-likeness (QED) is 0.811. The predicted molar refractivity (Wildman–Crippen MR) is 78.3 cm³/mol. The van der Waals surface area contributed by atoms with Gasteiger partial charge in [-0.05, 0) is 0 Å². The third kappa shape index (κ3) is 3.57. The number of nitrogens with one attached hydrogen (secondary N) is 1. The Labute approximate surface area is 130 Å². The minimum atomic E-state index is -3.63. The second-order valence-electron chi connectivity index (χ2n) is 4.40. The molecule has 1 fully saturated rings. The van der Waals surface area contributed by atoms with Crippen molar-refractivity contribution in [1.29, 1.82) is 0 Å². The molecule has 1 aliphatic rings. The maximum absolute atomic E-state index is 12.6. The zero-order valence-electron chi connectivity index (χ0n) is 11.9. The van der Waals surface area contributed by atoms with Crippen LogP contribution in [0.3, 0.4) is 0 Å². The number of ether oxygens (including phenoxy) is 1. The van der Waals surface area contributed by atoms with Gasteiger partial charge in [0.05, 0.1) is 7.11 Å². The number of halogens is 1. The first-order valence-electron chi connectivity index (χ1n) is 6.42. The summed E-state index contributed by atoms with van der Waals surface area (Å²) in [5, 5.41) is 3.10. The molecule has 0 radical (unpaired) electrons. The van der Waals surface area contributed by atoms with Crippen LogP contribution in [0.4, 0.5) is 0 Å². The number of carbonyl (C=O) groups is 1. The molecule has 0 spiro atoms. The van der Waals surface area contributed by atoms with Crippen LogP contribution < -0.4 is 5.32 Å². The van der Waals surface area contributed by atoms with E-state index in [2.05, 4.69) is 10.1 Å². The number of furan rings is 1. The number of hydrogen-bond acceptors (Lipinski definition) is 6. The van der Waals surface area contributed by atoms with Gasteiger partial charge in [-0.2, -0.15) is 4.31 Å². The molecule has 2 heterocycles. The maximum Gasteiger partial charge on any atom is 0.373 e. The van der Waals surface area contributed by atoms with E-state index >= 15 is 0 Å². The average molecular weight is 339 g/mol. The molecule has 0 bridgehead atoms. The molecule has 0 aliphatic carbocycles. The highest BCUT2D eigenvalue weighted by molar-refractivity contribution is 7.89. The molecule has 0 aromatic carbocycles. The predicted octanol–water partition coefficient (Wildman–Crippen LogP) is 0.644. The van der Waals surface area contributed by atoms with Crippen molar-refractivity contribution in [2.24, 2.45) is 0 Å². The summed E-state index contributed by atoms with van der Waals surface area (Å²) in [5.74, 6) is -0.483. The number of piperazine rings is 1. The molecule has 1 saturated heterocycles. The number of nitrogens with zero attached hydrogens (tertiary/aromatic N) is 1. The van der Waals surface area contributed by atoms with Crippen LogP contribution in [-0.2, 0) is 21.2 Å². The van der Waals surface area contributed by atoms with Gasteiger partial charge in [0, 0.05) is 38.7 Å². The summed E-state index contributed by atoms with van der Waals surface area (Å²) in [5.41, 5.74) is 0. The standard InChI is InChI=1S/C12H18N2O5S.ClH/c1-3-9-11(8-10(19-9)12(15)18-2)20(16,17)14-6-4-13-5-7-14;/h8,13H,3-7H2,1-2H3;1H. The van der Waals surface area contributed by atoms with Crippen LogP contribution in [0, 0.1) is 0 Å². The van der Waals surface area contributed by atoms with Crippen molar-refractivity contribution in [1.82, 2.24) is 9.62 Å². The molecule has 0 unspecified atom stereocenters. The Morgan fingerprint density at radius 2 is 2.05 bits per heavy atom. The Morgan fingerprint density at radius 3 is 2.57 bits per heavy atom. The third-order valence-corrected chi connectivity index (χ3v) is 5.12. The molecule has 1 aliphatic heterocycles. The Morgan fingerprint density at radius 1 is 1.43 bits per heavy atom. The van der Waals surface area contributed by atoms with E-state index in [1.54, 1.807) is 6.92 Å². The first-order chi connectivity index (χ1) is 9.50. The number of carbonyl (C=O) groups excluding carboxylic acids is 1. The van der Waals surface area contributed by atoms with Gasteiger partial charge in [0.1, 0.15) is 10.7 Å². The van der Waals surface area contributed by atoms with Gasteiger partial charge in [0.15, 0.2) is 0 Å². The first-order valence-corrected chi connectivity index (χ1v) is 7.86. The highest BCUT2D eigenvalue weighted by atomic mass is 35.5. The van der Waals surface area contributed by atoms with Crippen molar-refractivity contribution in [2.45, 2.75) is 18.2 Å². The molecule has 9 heteroatoms. The number of esters is 1. The Hall–Kier alpha value is -1.09. The van der Waals surface area contributed by atoms with Gasteiger partial charge < -0.3 is 14.5 Å². The van der Waals surface area contributed by atoms with E-state index < -0.39 is 16.0 Å². The number of sulfonamides is 1. The number of rotatable bonds is 4. The second kappa shape index (κ2) is 7.26. The minimum Gasteiger partial charge on any atom is -0.463 e. The van der Waals surface area contributed by atoms with Gasteiger partial charge in [-0.3, -0.25) is 0 Å². The van der Waals surface area contributed by atoms with Crippen LogP contribution in [0.25, 0.3) is 0 Å². The maximum atomic E-state index is 12.6. The SMILES string of the molecule is CCc1oc(C(=O)OC)cc1S(=O)(=O)N1CCNCC1.Cl. The van der Waals surface area contributed by atoms with Crippen LogP contribution in [0.5, 0.6) is 0 Å². The van der Waals surface area contributed by atoms with Crippen LogP contribution >= 0.6 is 12.4 Å². The highest BCUT2D eigenvalue weighted by Gasteiger charge is 2.31. The fraction of sp³-hybridized carbons (Fsp3) is 0.583. The number of hydrogen-bond donors (Lipinski definition) is 1. The van der Waals surface area contributed by atoms with Gasteiger partial charge in [0.25, 0.3) is 0 Å². The molecule has 0 saturated carbocycles. The van der Waals surface area contributed by atoms with Crippen molar-refractivity contribution in [3.8, 4) is 0 Å². The lowest BCUT2D eigenvalue weighted by atomic mass is 10.3. The summed E-state index contributed by atoms with van der Waals surface area (Å²) in [4.78, 5) is 11.5. The molecule has 7 nitrogen and oxygen atoms in total. The molecule has 0 amide bonds.